The van der Waals surface area contributed by atoms with Crippen LogP contribution in [0.1, 0.15) is 11.4 Å². The molecule has 1 aliphatic rings. The molecule has 1 aliphatic heterocycles. The second-order valence-corrected chi connectivity index (χ2v) is 6.21. The monoisotopic (exact) mass is 339 g/mol. The van der Waals surface area contributed by atoms with Crippen LogP contribution in [0.15, 0.2) is 42.5 Å². The molecule has 25 heavy (non-hydrogen) atoms. The number of carbonyl (C=O) groups excluding carboxylic acids is 1. The zero-order valence-corrected chi connectivity index (χ0v) is 13.6. The van der Waals surface area contributed by atoms with Crippen molar-refractivity contribution in [2.45, 2.75) is 12.8 Å². The Labute approximate surface area is 144 Å². The maximum atomic E-state index is 13.2. The summed E-state index contributed by atoms with van der Waals surface area (Å²) in [6.45, 7) is 0.867. The molecule has 1 amide bonds. The van der Waals surface area contributed by atoms with Crippen LogP contribution in [0.5, 0.6) is 5.75 Å². The molecule has 4 rings (SSSR count). The van der Waals surface area contributed by atoms with Crippen molar-refractivity contribution in [3.63, 3.8) is 0 Å². The summed E-state index contributed by atoms with van der Waals surface area (Å²) < 4.78 is 18.9. The Balaban J connectivity index is 1.33. The van der Waals surface area contributed by atoms with E-state index in [1.54, 1.807) is 6.07 Å². The number of aromatic amines is 1. The van der Waals surface area contributed by atoms with Gasteiger partial charge < -0.3 is 15.0 Å². The van der Waals surface area contributed by atoms with Crippen LogP contribution in [0.4, 0.5) is 4.39 Å². The number of H-pyrrole nitrogens is 1. The first-order chi connectivity index (χ1) is 12.2. The number of rotatable bonds is 4. The van der Waals surface area contributed by atoms with E-state index in [-0.39, 0.29) is 17.6 Å². The summed E-state index contributed by atoms with van der Waals surface area (Å²) in [7, 11) is 0. The third-order valence-corrected chi connectivity index (χ3v) is 4.40. The van der Waals surface area contributed by atoms with Crippen LogP contribution in [-0.4, -0.2) is 29.0 Å². The van der Waals surface area contributed by atoms with Crippen molar-refractivity contribution >= 4 is 16.9 Å². The molecule has 2 heterocycles. The summed E-state index contributed by atoms with van der Waals surface area (Å²) in [4.78, 5) is 19.8. The lowest BCUT2D eigenvalue weighted by molar-refractivity contribution is -0.126. The molecule has 3 aromatic rings. The zero-order chi connectivity index (χ0) is 17.2. The molecular weight excluding hydrogens is 321 g/mol. The first kappa shape index (κ1) is 15.6. The SMILES string of the molecule is O=C(NCCc1nc2ccc(F)cc2[nH]1)[C@H]1COc2ccccc2C1. The van der Waals surface area contributed by atoms with Gasteiger partial charge in [0.2, 0.25) is 5.91 Å². The smallest absolute Gasteiger partial charge is 0.226 e. The van der Waals surface area contributed by atoms with Gasteiger partial charge in [0.1, 0.15) is 24.0 Å². The predicted molar refractivity (Wildman–Crippen MR) is 91.9 cm³/mol. The maximum absolute atomic E-state index is 13.2. The molecule has 128 valence electrons. The van der Waals surface area contributed by atoms with E-state index in [4.69, 9.17) is 4.74 Å². The van der Waals surface area contributed by atoms with Crippen LogP contribution in [0.25, 0.3) is 11.0 Å². The van der Waals surface area contributed by atoms with Crippen LogP contribution in [0.3, 0.4) is 0 Å². The summed E-state index contributed by atoms with van der Waals surface area (Å²) in [5.41, 5.74) is 2.45. The highest BCUT2D eigenvalue weighted by Gasteiger charge is 2.25. The number of fused-ring (bicyclic) bond motifs is 2. The number of aromatic nitrogens is 2. The van der Waals surface area contributed by atoms with E-state index in [0.717, 1.165) is 22.7 Å². The summed E-state index contributed by atoms with van der Waals surface area (Å²) in [6, 6.07) is 12.2. The molecule has 1 atom stereocenters. The highest BCUT2D eigenvalue weighted by Crippen LogP contribution is 2.26. The molecular formula is C19H18FN3O2. The topological polar surface area (TPSA) is 67.0 Å². The Morgan fingerprint density at radius 3 is 3.12 bits per heavy atom. The van der Waals surface area contributed by atoms with E-state index in [9.17, 15) is 9.18 Å². The fraction of sp³-hybridized carbons (Fsp3) is 0.263. The average molecular weight is 339 g/mol. The van der Waals surface area contributed by atoms with Gasteiger partial charge in [0.15, 0.2) is 0 Å². The molecule has 2 N–H and O–H groups in total. The Bertz CT molecular complexity index is 922. The fourth-order valence-electron chi connectivity index (χ4n) is 3.10. The van der Waals surface area contributed by atoms with Crippen molar-refractivity contribution in [2.75, 3.05) is 13.2 Å². The van der Waals surface area contributed by atoms with Crippen molar-refractivity contribution < 1.29 is 13.9 Å². The number of amides is 1. The summed E-state index contributed by atoms with van der Waals surface area (Å²) in [6.07, 6.45) is 1.25. The number of nitrogens with one attached hydrogen (secondary N) is 2. The average Bonchev–Trinajstić information content (AvgIpc) is 3.03. The van der Waals surface area contributed by atoms with Gasteiger partial charge in [-0.3, -0.25) is 4.79 Å². The Hall–Kier alpha value is -2.89. The van der Waals surface area contributed by atoms with Gasteiger partial charge in [-0.1, -0.05) is 18.2 Å². The molecule has 0 aliphatic carbocycles. The first-order valence-electron chi connectivity index (χ1n) is 8.31. The lowest BCUT2D eigenvalue weighted by Gasteiger charge is -2.24. The number of ether oxygens (including phenoxy) is 1. The van der Waals surface area contributed by atoms with Gasteiger partial charge in [-0.05, 0) is 36.2 Å². The highest BCUT2D eigenvalue weighted by molar-refractivity contribution is 5.79. The number of halogens is 1. The van der Waals surface area contributed by atoms with Gasteiger partial charge in [0.05, 0.1) is 17.0 Å². The minimum atomic E-state index is -0.298. The number of carbonyl (C=O) groups is 1. The van der Waals surface area contributed by atoms with Crippen molar-refractivity contribution in [3.8, 4) is 5.75 Å². The van der Waals surface area contributed by atoms with Crippen molar-refractivity contribution in [1.29, 1.82) is 0 Å². The molecule has 6 heteroatoms. The van der Waals surface area contributed by atoms with E-state index >= 15 is 0 Å². The van der Waals surface area contributed by atoms with Crippen LogP contribution >= 0.6 is 0 Å². The van der Waals surface area contributed by atoms with E-state index in [1.807, 2.05) is 24.3 Å². The summed E-state index contributed by atoms with van der Waals surface area (Å²) in [5, 5.41) is 2.93. The molecule has 0 bridgehead atoms. The van der Waals surface area contributed by atoms with Gasteiger partial charge in [-0.25, -0.2) is 9.37 Å². The molecule has 0 saturated carbocycles. The normalized spacial score (nSPS) is 16.3. The summed E-state index contributed by atoms with van der Waals surface area (Å²) >= 11 is 0. The number of para-hydroxylation sites is 1. The predicted octanol–water partition coefficient (Wildman–Crippen LogP) is 2.61. The van der Waals surface area contributed by atoms with Gasteiger partial charge in [0.25, 0.3) is 0 Å². The van der Waals surface area contributed by atoms with Crippen LogP contribution < -0.4 is 10.1 Å². The summed E-state index contributed by atoms with van der Waals surface area (Å²) in [5.74, 6) is 1.09. The van der Waals surface area contributed by atoms with Crippen LogP contribution in [-0.2, 0) is 17.6 Å². The van der Waals surface area contributed by atoms with Crippen molar-refractivity contribution in [3.05, 3.63) is 59.7 Å². The number of benzene rings is 2. The van der Waals surface area contributed by atoms with Crippen LogP contribution in [0, 0.1) is 11.7 Å². The minimum absolute atomic E-state index is 0.0170. The molecule has 0 unspecified atom stereocenters. The minimum Gasteiger partial charge on any atom is -0.492 e. The number of hydrogen-bond donors (Lipinski definition) is 2. The fourth-order valence-corrected chi connectivity index (χ4v) is 3.10. The molecule has 1 aromatic heterocycles. The molecule has 0 saturated heterocycles. The van der Waals surface area contributed by atoms with Crippen LogP contribution in [0.2, 0.25) is 0 Å². The second kappa shape index (κ2) is 6.55. The molecule has 0 fully saturated rings. The zero-order valence-electron chi connectivity index (χ0n) is 13.6. The lowest BCUT2D eigenvalue weighted by atomic mass is 9.96. The highest BCUT2D eigenvalue weighted by atomic mass is 19.1. The van der Waals surface area contributed by atoms with E-state index in [2.05, 4.69) is 15.3 Å². The van der Waals surface area contributed by atoms with E-state index in [1.165, 1.54) is 12.1 Å². The van der Waals surface area contributed by atoms with Crippen molar-refractivity contribution in [1.82, 2.24) is 15.3 Å². The number of nitrogens with zero attached hydrogens (tertiary/aromatic N) is 1. The third-order valence-electron chi connectivity index (χ3n) is 4.40. The Kier molecular flexibility index (Phi) is 4.09. The largest absolute Gasteiger partial charge is 0.492 e. The molecule has 5 nitrogen and oxygen atoms in total. The molecule has 0 spiro atoms. The number of imidazole rings is 1. The lowest BCUT2D eigenvalue weighted by Crippen LogP contribution is -2.38. The first-order valence-corrected chi connectivity index (χ1v) is 8.31. The van der Waals surface area contributed by atoms with Gasteiger partial charge in [-0.2, -0.15) is 0 Å². The van der Waals surface area contributed by atoms with Gasteiger partial charge >= 0.3 is 0 Å². The maximum Gasteiger partial charge on any atom is 0.226 e. The number of hydrogen-bond acceptors (Lipinski definition) is 3. The Morgan fingerprint density at radius 2 is 2.20 bits per heavy atom. The van der Waals surface area contributed by atoms with E-state index in [0.29, 0.717) is 31.5 Å². The van der Waals surface area contributed by atoms with Gasteiger partial charge in [-0.15, -0.1) is 0 Å². The standard InChI is InChI=1S/C19H18FN3O2/c20-14-5-6-15-16(10-14)23-18(22-15)7-8-21-19(24)13-9-12-3-1-2-4-17(12)25-11-13/h1-6,10,13H,7-9,11H2,(H,21,24)(H,22,23)/t13-/m1/s1. The quantitative estimate of drug-likeness (QED) is 0.768. The van der Waals surface area contributed by atoms with E-state index < -0.39 is 0 Å². The Morgan fingerprint density at radius 1 is 1.32 bits per heavy atom. The van der Waals surface area contributed by atoms with Crippen molar-refractivity contribution in [2.24, 2.45) is 5.92 Å². The molecule has 2 aromatic carbocycles. The second-order valence-electron chi connectivity index (χ2n) is 6.21. The van der Waals surface area contributed by atoms with Gasteiger partial charge in [0, 0.05) is 13.0 Å². The third kappa shape index (κ3) is 3.33. The molecule has 0 radical (unpaired) electrons.